The number of piperidine rings is 1. The molecular weight excluding hydrogens is 286 g/mol. The highest BCUT2D eigenvalue weighted by Gasteiger charge is 2.32. The number of carbonyl (C=O) groups is 1. The normalized spacial score (nSPS) is 27.2. The Morgan fingerprint density at radius 2 is 2.10 bits per heavy atom. The molecule has 2 fully saturated rings. The highest BCUT2D eigenvalue weighted by molar-refractivity contribution is 7.07. The van der Waals surface area contributed by atoms with E-state index in [-0.39, 0.29) is 18.4 Å². The first kappa shape index (κ1) is 14.9. The fourth-order valence-electron chi connectivity index (χ4n) is 3.56. The second-order valence-corrected chi connectivity index (χ2v) is 6.96. The molecule has 0 radical (unpaired) electrons. The van der Waals surface area contributed by atoms with Gasteiger partial charge in [0.1, 0.15) is 5.69 Å². The van der Waals surface area contributed by atoms with Crippen molar-refractivity contribution < 1.29 is 9.90 Å². The molecule has 6 heteroatoms. The van der Waals surface area contributed by atoms with Crippen LogP contribution in [0.2, 0.25) is 0 Å². The van der Waals surface area contributed by atoms with Crippen molar-refractivity contribution in [2.75, 3.05) is 39.3 Å². The summed E-state index contributed by atoms with van der Waals surface area (Å²) in [5, 5.41) is 11.3. The smallest absolute Gasteiger partial charge is 0.273 e. The topological polar surface area (TPSA) is 56.7 Å². The molecule has 5 nitrogen and oxygen atoms in total. The molecule has 2 saturated heterocycles. The second-order valence-electron chi connectivity index (χ2n) is 6.24. The molecular formula is C15H23N3O2S. The first-order valence-electron chi connectivity index (χ1n) is 7.77. The lowest BCUT2D eigenvalue weighted by Crippen LogP contribution is -2.47. The Hall–Kier alpha value is -0.980. The number of carbonyl (C=O) groups excluding carboxylic acids is 1. The molecule has 1 N–H and O–H groups in total. The zero-order valence-electron chi connectivity index (χ0n) is 12.3. The molecule has 3 heterocycles. The Morgan fingerprint density at radius 3 is 2.76 bits per heavy atom. The van der Waals surface area contributed by atoms with Gasteiger partial charge in [-0.05, 0) is 44.2 Å². The van der Waals surface area contributed by atoms with E-state index in [2.05, 4.69) is 9.88 Å². The molecule has 0 saturated carbocycles. The van der Waals surface area contributed by atoms with Gasteiger partial charge in [0.15, 0.2) is 0 Å². The Kier molecular flexibility index (Phi) is 4.87. The molecule has 2 aliphatic heterocycles. The van der Waals surface area contributed by atoms with Gasteiger partial charge in [-0.1, -0.05) is 0 Å². The maximum Gasteiger partial charge on any atom is 0.273 e. The highest BCUT2D eigenvalue weighted by atomic mass is 32.1. The van der Waals surface area contributed by atoms with E-state index in [0.29, 0.717) is 18.2 Å². The van der Waals surface area contributed by atoms with Gasteiger partial charge in [-0.25, -0.2) is 4.98 Å². The van der Waals surface area contributed by atoms with Gasteiger partial charge in [0, 0.05) is 31.6 Å². The fourth-order valence-corrected chi connectivity index (χ4v) is 4.09. The number of nitrogens with zero attached hydrogens (tertiary/aromatic N) is 3. The van der Waals surface area contributed by atoms with Crippen molar-refractivity contribution in [3.05, 3.63) is 16.6 Å². The quantitative estimate of drug-likeness (QED) is 0.911. The third kappa shape index (κ3) is 3.62. The van der Waals surface area contributed by atoms with Crippen molar-refractivity contribution in [2.24, 2.45) is 11.8 Å². The summed E-state index contributed by atoms with van der Waals surface area (Å²) in [4.78, 5) is 21.0. The van der Waals surface area contributed by atoms with Crippen LogP contribution in [0.15, 0.2) is 10.9 Å². The monoisotopic (exact) mass is 309 g/mol. The van der Waals surface area contributed by atoms with Crippen LogP contribution in [0, 0.1) is 11.8 Å². The number of rotatable bonds is 4. The van der Waals surface area contributed by atoms with Crippen molar-refractivity contribution >= 4 is 17.2 Å². The average Bonchev–Trinajstić information content (AvgIpc) is 3.19. The maximum atomic E-state index is 12.5. The number of hydrogen-bond donors (Lipinski definition) is 1. The third-order valence-corrected chi connectivity index (χ3v) is 5.12. The van der Waals surface area contributed by atoms with E-state index in [0.717, 1.165) is 19.5 Å². The molecule has 1 aromatic heterocycles. The van der Waals surface area contributed by atoms with Gasteiger partial charge in [-0.2, -0.15) is 0 Å². The number of amides is 1. The lowest BCUT2D eigenvalue weighted by atomic mass is 9.89. The van der Waals surface area contributed by atoms with E-state index in [1.54, 1.807) is 10.9 Å². The van der Waals surface area contributed by atoms with Crippen molar-refractivity contribution in [3.63, 3.8) is 0 Å². The lowest BCUT2D eigenvalue weighted by molar-refractivity contribution is 0.0461. The van der Waals surface area contributed by atoms with Crippen molar-refractivity contribution in [1.82, 2.24) is 14.8 Å². The largest absolute Gasteiger partial charge is 0.396 e. The summed E-state index contributed by atoms with van der Waals surface area (Å²) in [6, 6.07) is 0. The molecule has 2 aliphatic rings. The third-order valence-electron chi connectivity index (χ3n) is 4.54. The first-order valence-corrected chi connectivity index (χ1v) is 8.71. The van der Waals surface area contributed by atoms with Crippen LogP contribution >= 0.6 is 11.3 Å². The molecule has 116 valence electrons. The number of likely N-dealkylation sites (tertiary alicyclic amines) is 2. The standard InChI is InChI=1S/C15H23N3O2S/c19-9-13-5-12(6-17-3-1-2-4-17)7-18(8-13)15(20)14-10-21-11-16-14/h10-13,19H,1-9H2/t12-,13-/m1/s1. The van der Waals surface area contributed by atoms with E-state index in [9.17, 15) is 9.90 Å². The average molecular weight is 309 g/mol. The zero-order valence-corrected chi connectivity index (χ0v) is 13.1. The summed E-state index contributed by atoms with van der Waals surface area (Å²) in [6.45, 7) is 5.03. The van der Waals surface area contributed by atoms with Crippen LogP contribution in [-0.2, 0) is 0 Å². The van der Waals surface area contributed by atoms with E-state index < -0.39 is 0 Å². The van der Waals surface area contributed by atoms with E-state index >= 15 is 0 Å². The van der Waals surface area contributed by atoms with Gasteiger partial charge in [0.2, 0.25) is 0 Å². The van der Waals surface area contributed by atoms with Crippen LogP contribution in [0.1, 0.15) is 29.8 Å². The minimum Gasteiger partial charge on any atom is -0.396 e. The maximum absolute atomic E-state index is 12.5. The molecule has 2 atom stereocenters. The molecule has 0 aliphatic carbocycles. The molecule has 0 unspecified atom stereocenters. The summed E-state index contributed by atoms with van der Waals surface area (Å²) in [5.74, 6) is 0.686. The van der Waals surface area contributed by atoms with Crippen molar-refractivity contribution in [1.29, 1.82) is 0 Å². The summed E-state index contributed by atoms with van der Waals surface area (Å²) in [6.07, 6.45) is 3.60. The zero-order chi connectivity index (χ0) is 14.7. The number of aliphatic hydroxyl groups is 1. The molecule has 0 spiro atoms. The SMILES string of the molecule is O=C(c1cscn1)N1C[C@H](CO)C[C@H](CN2CCCC2)C1. The Morgan fingerprint density at radius 1 is 1.33 bits per heavy atom. The summed E-state index contributed by atoms with van der Waals surface area (Å²) in [5.41, 5.74) is 2.24. The minimum atomic E-state index is 0.0146. The Balaban J connectivity index is 1.64. The fraction of sp³-hybridized carbons (Fsp3) is 0.733. The molecule has 0 aromatic carbocycles. The number of aromatic nitrogens is 1. The summed E-state index contributed by atoms with van der Waals surface area (Å²) < 4.78 is 0. The molecule has 3 rings (SSSR count). The molecule has 1 amide bonds. The predicted octanol–water partition coefficient (Wildman–Crippen LogP) is 1.31. The Bertz CT molecular complexity index is 459. The predicted molar refractivity (Wildman–Crippen MR) is 82.4 cm³/mol. The number of thiazole rings is 1. The summed E-state index contributed by atoms with van der Waals surface area (Å²) in [7, 11) is 0. The van der Waals surface area contributed by atoms with Crippen LogP contribution in [-0.4, -0.2) is 65.1 Å². The Labute approximate surface area is 129 Å². The number of hydrogen-bond acceptors (Lipinski definition) is 5. The minimum absolute atomic E-state index is 0.0146. The molecule has 1 aromatic rings. The van der Waals surface area contributed by atoms with Gasteiger partial charge < -0.3 is 14.9 Å². The van der Waals surface area contributed by atoms with E-state index in [4.69, 9.17) is 0 Å². The van der Waals surface area contributed by atoms with Crippen molar-refractivity contribution in [3.8, 4) is 0 Å². The molecule has 21 heavy (non-hydrogen) atoms. The second kappa shape index (κ2) is 6.85. The van der Waals surface area contributed by atoms with Gasteiger partial charge in [0.25, 0.3) is 5.91 Å². The highest BCUT2D eigenvalue weighted by Crippen LogP contribution is 2.25. The van der Waals surface area contributed by atoms with Gasteiger partial charge >= 0.3 is 0 Å². The van der Waals surface area contributed by atoms with Crippen molar-refractivity contribution in [2.45, 2.75) is 19.3 Å². The van der Waals surface area contributed by atoms with Gasteiger partial charge in [0.05, 0.1) is 5.51 Å². The van der Waals surface area contributed by atoms with Crippen LogP contribution in [0.25, 0.3) is 0 Å². The molecule has 0 bridgehead atoms. The summed E-state index contributed by atoms with van der Waals surface area (Å²) >= 11 is 1.45. The van der Waals surface area contributed by atoms with Gasteiger partial charge in [-0.15, -0.1) is 11.3 Å². The van der Waals surface area contributed by atoms with Crippen LogP contribution in [0.3, 0.4) is 0 Å². The van der Waals surface area contributed by atoms with Crippen LogP contribution < -0.4 is 0 Å². The lowest BCUT2D eigenvalue weighted by Gasteiger charge is -2.38. The van der Waals surface area contributed by atoms with E-state index in [1.807, 2.05) is 4.90 Å². The van der Waals surface area contributed by atoms with E-state index in [1.165, 1.54) is 37.3 Å². The first-order chi connectivity index (χ1) is 10.3. The number of aliphatic hydroxyl groups excluding tert-OH is 1. The van der Waals surface area contributed by atoms with Crippen LogP contribution in [0.4, 0.5) is 0 Å². The van der Waals surface area contributed by atoms with Gasteiger partial charge in [-0.3, -0.25) is 4.79 Å². The van der Waals surface area contributed by atoms with Crippen LogP contribution in [0.5, 0.6) is 0 Å².